The second-order valence-corrected chi connectivity index (χ2v) is 7.53. The van der Waals surface area contributed by atoms with Crippen LogP contribution in [-0.4, -0.2) is 48.8 Å². The third-order valence-electron chi connectivity index (χ3n) is 3.98. The van der Waals surface area contributed by atoms with Crippen molar-refractivity contribution in [2.24, 2.45) is 11.8 Å². The number of ether oxygens (including phenoxy) is 1. The quantitative estimate of drug-likeness (QED) is 0.831. The van der Waals surface area contributed by atoms with Crippen molar-refractivity contribution in [1.29, 1.82) is 0 Å². The highest BCUT2D eigenvalue weighted by Crippen LogP contribution is 2.18. The van der Waals surface area contributed by atoms with E-state index in [9.17, 15) is 0 Å². The molecular weight excluding hydrogens is 236 g/mol. The van der Waals surface area contributed by atoms with Crippen LogP contribution in [0.15, 0.2) is 0 Å². The smallest absolute Gasteiger partial charge is 0.0600 e. The molecule has 3 nitrogen and oxygen atoms in total. The molecule has 1 rings (SSSR count). The Morgan fingerprint density at radius 3 is 2.26 bits per heavy atom. The Bertz CT molecular complexity index is 258. The molecule has 1 N–H and O–H groups in total. The summed E-state index contributed by atoms with van der Waals surface area (Å²) < 4.78 is 5.89. The van der Waals surface area contributed by atoms with Gasteiger partial charge >= 0.3 is 0 Å². The van der Waals surface area contributed by atoms with Crippen molar-refractivity contribution in [1.82, 2.24) is 10.2 Å². The van der Waals surface area contributed by atoms with Gasteiger partial charge in [-0.1, -0.05) is 27.7 Å². The Balaban J connectivity index is 2.52. The van der Waals surface area contributed by atoms with E-state index < -0.39 is 0 Å². The van der Waals surface area contributed by atoms with E-state index in [-0.39, 0.29) is 5.60 Å². The van der Waals surface area contributed by atoms with Gasteiger partial charge in [0, 0.05) is 31.7 Å². The van der Waals surface area contributed by atoms with Crippen LogP contribution >= 0.6 is 0 Å². The van der Waals surface area contributed by atoms with Gasteiger partial charge in [0.15, 0.2) is 0 Å². The van der Waals surface area contributed by atoms with Gasteiger partial charge in [0.25, 0.3) is 0 Å². The fourth-order valence-corrected chi connectivity index (χ4v) is 2.68. The lowest BCUT2D eigenvalue weighted by Crippen LogP contribution is -2.60. The Kier molecular flexibility index (Phi) is 6.28. The molecule has 0 saturated carbocycles. The molecule has 114 valence electrons. The highest BCUT2D eigenvalue weighted by Gasteiger charge is 2.30. The van der Waals surface area contributed by atoms with Crippen LogP contribution in [0.5, 0.6) is 0 Å². The summed E-state index contributed by atoms with van der Waals surface area (Å²) in [5.41, 5.74) is -0.0290. The molecular formula is C16H34N2O. The predicted octanol–water partition coefficient (Wildman–Crippen LogP) is 2.76. The number of nitrogens with one attached hydrogen (secondary N) is 1. The second-order valence-electron chi connectivity index (χ2n) is 7.53. The molecule has 0 spiro atoms. The first-order valence-corrected chi connectivity index (χ1v) is 7.82. The minimum atomic E-state index is -0.0290. The van der Waals surface area contributed by atoms with E-state index in [2.05, 4.69) is 58.7 Å². The summed E-state index contributed by atoms with van der Waals surface area (Å²) in [6, 6.07) is 1.25. The van der Waals surface area contributed by atoms with Crippen LogP contribution in [0.25, 0.3) is 0 Å². The lowest BCUT2D eigenvalue weighted by molar-refractivity contribution is -0.0272. The van der Waals surface area contributed by atoms with Gasteiger partial charge in [-0.2, -0.15) is 0 Å². The van der Waals surface area contributed by atoms with Crippen LogP contribution < -0.4 is 5.32 Å². The first-order chi connectivity index (χ1) is 8.70. The summed E-state index contributed by atoms with van der Waals surface area (Å²) in [5.74, 6) is 1.38. The number of piperazine rings is 1. The first-order valence-electron chi connectivity index (χ1n) is 7.82. The van der Waals surface area contributed by atoms with Crippen molar-refractivity contribution in [3.05, 3.63) is 0 Å². The van der Waals surface area contributed by atoms with E-state index in [4.69, 9.17) is 4.74 Å². The zero-order chi connectivity index (χ0) is 14.6. The summed E-state index contributed by atoms with van der Waals surface area (Å²) in [5, 5.41) is 3.70. The number of hydrogen-bond donors (Lipinski definition) is 1. The summed E-state index contributed by atoms with van der Waals surface area (Å²) in [6.07, 6.45) is 0. The van der Waals surface area contributed by atoms with E-state index in [0.717, 1.165) is 26.2 Å². The highest BCUT2D eigenvalue weighted by atomic mass is 16.5. The van der Waals surface area contributed by atoms with Crippen molar-refractivity contribution < 1.29 is 4.74 Å². The van der Waals surface area contributed by atoms with Crippen LogP contribution in [0.4, 0.5) is 0 Å². The number of hydrogen-bond acceptors (Lipinski definition) is 3. The average Bonchev–Trinajstić information content (AvgIpc) is 2.26. The highest BCUT2D eigenvalue weighted by molar-refractivity contribution is 4.89. The topological polar surface area (TPSA) is 24.5 Å². The minimum absolute atomic E-state index is 0.0290. The average molecular weight is 270 g/mol. The van der Waals surface area contributed by atoms with Crippen LogP contribution in [0.3, 0.4) is 0 Å². The Labute approximate surface area is 120 Å². The Morgan fingerprint density at radius 2 is 1.79 bits per heavy atom. The number of rotatable bonds is 5. The lowest BCUT2D eigenvalue weighted by atomic mass is 9.94. The van der Waals surface area contributed by atoms with Gasteiger partial charge in [-0.15, -0.1) is 0 Å². The van der Waals surface area contributed by atoms with E-state index >= 15 is 0 Å². The van der Waals surface area contributed by atoms with Gasteiger partial charge in [0.2, 0.25) is 0 Å². The molecule has 3 heteroatoms. The molecule has 0 bridgehead atoms. The summed E-state index contributed by atoms with van der Waals surface area (Å²) >= 11 is 0. The molecule has 0 aliphatic carbocycles. The Morgan fingerprint density at radius 1 is 1.16 bits per heavy atom. The molecule has 0 aromatic heterocycles. The standard InChI is InChI=1S/C16H34N2O/c1-12(2)14-11-18(8-9-19-16(5,6)7)15(10-17-14)13(3)4/h12-15,17H,8-11H2,1-7H3. The molecule has 1 aliphatic heterocycles. The van der Waals surface area contributed by atoms with E-state index in [1.54, 1.807) is 0 Å². The van der Waals surface area contributed by atoms with Crippen LogP contribution in [-0.2, 0) is 4.74 Å². The van der Waals surface area contributed by atoms with E-state index in [1.165, 1.54) is 0 Å². The zero-order valence-electron chi connectivity index (χ0n) is 14.0. The maximum Gasteiger partial charge on any atom is 0.0600 e. The van der Waals surface area contributed by atoms with Gasteiger partial charge in [-0.25, -0.2) is 0 Å². The SMILES string of the molecule is CC(C)C1CN(CCOC(C)(C)C)C(C(C)C)CN1. The summed E-state index contributed by atoms with van der Waals surface area (Å²) in [7, 11) is 0. The van der Waals surface area contributed by atoms with E-state index in [1.807, 2.05) is 0 Å². The van der Waals surface area contributed by atoms with Gasteiger partial charge < -0.3 is 10.1 Å². The molecule has 0 aromatic carbocycles. The summed E-state index contributed by atoms with van der Waals surface area (Å²) in [4.78, 5) is 2.62. The Hall–Kier alpha value is -0.120. The molecule has 2 atom stereocenters. The van der Waals surface area contributed by atoms with Crippen molar-refractivity contribution in [3.63, 3.8) is 0 Å². The molecule has 1 aliphatic rings. The molecule has 19 heavy (non-hydrogen) atoms. The molecule has 2 unspecified atom stereocenters. The second kappa shape index (κ2) is 7.05. The lowest BCUT2D eigenvalue weighted by Gasteiger charge is -2.44. The predicted molar refractivity (Wildman–Crippen MR) is 82.5 cm³/mol. The fourth-order valence-electron chi connectivity index (χ4n) is 2.68. The van der Waals surface area contributed by atoms with Crippen molar-refractivity contribution >= 4 is 0 Å². The monoisotopic (exact) mass is 270 g/mol. The van der Waals surface area contributed by atoms with Crippen molar-refractivity contribution in [2.45, 2.75) is 66.2 Å². The minimum Gasteiger partial charge on any atom is -0.375 e. The van der Waals surface area contributed by atoms with Crippen LogP contribution in [0.2, 0.25) is 0 Å². The molecule has 0 aromatic rings. The largest absolute Gasteiger partial charge is 0.375 e. The molecule has 0 radical (unpaired) electrons. The maximum absolute atomic E-state index is 5.89. The van der Waals surface area contributed by atoms with Crippen LogP contribution in [0.1, 0.15) is 48.5 Å². The van der Waals surface area contributed by atoms with Gasteiger partial charge in [-0.05, 0) is 32.6 Å². The number of nitrogens with zero attached hydrogens (tertiary/aromatic N) is 1. The molecule has 1 fully saturated rings. The van der Waals surface area contributed by atoms with Crippen LogP contribution in [0, 0.1) is 11.8 Å². The van der Waals surface area contributed by atoms with Gasteiger partial charge in [-0.3, -0.25) is 4.90 Å². The first kappa shape index (κ1) is 16.9. The fraction of sp³-hybridized carbons (Fsp3) is 1.00. The molecule has 1 heterocycles. The molecule has 0 amide bonds. The zero-order valence-corrected chi connectivity index (χ0v) is 14.0. The third kappa shape index (κ3) is 5.80. The van der Waals surface area contributed by atoms with Gasteiger partial charge in [0.1, 0.15) is 0 Å². The third-order valence-corrected chi connectivity index (χ3v) is 3.98. The van der Waals surface area contributed by atoms with Crippen molar-refractivity contribution in [3.8, 4) is 0 Å². The molecule has 1 saturated heterocycles. The van der Waals surface area contributed by atoms with E-state index in [0.29, 0.717) is 23.9 Å². The normalized spacial score (nSPS) is 26.4. The summed E-state index contributed by atoms with van der Waals surface area (Å²) in [6.45, 7) is 19.8. The van der Waals surface area contributed by atoms with Crippen molar-refractivity contribution in [2.75, 3.05) is 26.2 Å². The van der Waals surface area contributed by atoms with Gasteiger partial charge in [0.05, 0.1) is 12.2 Å². The maximum atomic E-state index is 5.89.